The Morgan fingerprint density at radius 1 is 0.811 bits per heavy atom. The zero-order chi connectivity index (χ0) is 26.3. The smallest absolute Gasteiger partial charge is 0.344 e. The molecule has 0 atom stereocenters. The molecule has 0 aliphatic rings. The first-order valence-electron chi connectivity index (χ1n) is 10.9. The molecule has 0 spiro atoms. The number of hydrogen-bond donors (Lipinski definition) is 2. The summed E-state index contributed by atoms with van der Waals surface area (Å²) in [6, 6.07) is 27.8. The molecule has 4 aromatic carbocycles. The number of sulfonamides is 1. The van der Waals surface area contributed by atoms with Gasteiger partial charge in [0.2, 0.25) is 0 Å². The van der Waals surface area contributed by atoms with Crippen LogP contribution >= 0.6 is 22.6 Å². The fourth-order valence-electron chi connectivity index (χ4n) is 3.14. The topological polar surface area (TPSA) is 114 Å². The molecule has 0 aromatic heterocycles. The first kappa shape index (κ1) is 26.0. The molecule has 0 unspecified atom stereocenters. The average molecular weight is 625 g/mol. The highest BCUT2D eigenvalue weighted by Crippen LogP contribution is 2.18. The van der Waals surface area contributed by atoms with Gasteiger partial charge in [-0.15, -0.1) is 0 Å². The van der Waals surface area contributed by atoms with E-state index >= 15 is 0 Å². The largest absolute Gasteiger partial charge is 0.423 e. The third-order valence-electron chi connectivity index (χ3n) is 5.02. The summed E-state index contributed by atoms with van der Waals surface area (Å²) < 4.78 is 33.5. The van der Waals surface area contributed by atoms with E-state index in [2.05, 4.69) is 37.8 Å². The quantitative estimate of drug-likeness (QED) is 0.0933. The van der Waals surface area contributed by atoms with E-state index in [1.54, 1.807) is 54.6 Å². The van der Waals surface area contributed by atoms with Gasteiger partial charge in [-0.25, -0.2) is 18.6 Å². The van der Waals surface area contributed by atoms with E-state index in [0.717, 1.165) is 3.57 Å². The van der Waals surface area contributed by atoms with Crippen molar-refractivity contribution in [2.24, 2.45) is 5.10 Å². The van der Waals surface area contributed by atoms with Crippen LogP contribution < -0.4 is 14.9 Å². The zero-order valence-corrected chi connectivity index (χ0v) is 22.1. The molecule has 186 valence electrons. The Labute approximate surface area is 227 Å². The van der Waals surface area contributed by atoms with Crippen molar-refractivity contribution < 1.29 is 22.7 Å². The Kier molecular flexibility index (Phi) is 8.31. The summed E-state index contributed by atoms with van der Waals surface area (Å²) in [7, 11) is -3.72. The minimum Gasteiger partial charge on any atom is -0.423 e. The van der Waals surface area contributed by atoms with E-state index in [4.69, 9.17) is 4.74 Å². The molecule has 10 heteroatoms. The fourth-order valence-corrected chi connectivity index (χ4v) is 4.83. The van der Waals surface area contributed by atoms with E-state index in [0.29, 0.717) is 28.1 Å². The summed E-state index contributed by atoms with van der Waals surface area (Å²) in [5.41, 5.74) is 4.22. The molecule has 37 heavy (non-hydrogen) atoms. The molecule has 0 heterocycles. The van der Waals surface area contributed by atoms with Crippen LogP contribution in [0.15, 0.2) is 113 Å². The second-order valence-corrected chi connectivity index (χ2v) is 10.5. The number of nitrogens with one attached hydrogen (secondary N) is 2. The molecule has 0 saturated carbocycles. The van der Waals surface area contributed by atoms with Crippen LogP contribution in [0.4, 0.5) is 5.69 Å². The van der Waals surface area contributed by atoms with Crippen molar-refractivity contribution in [2.75, 3.05) is 4.72 Å². The normalized spacial score (nSPS) is 11.2. The Hall–Kier alpha value is -4.03. The SMILES string of the molecule is O=C(NN=Cc1ccc(OC(=O)c2ccccc2I)cc1)c1ccc(NS(=O)(=O)c2ccccc2)cc1. The van der Waals surface area contributed by atoms with Crippen molar-refractivity contribution >= 4 is 56.4 Å². The number of hydrogen-bond acceptors (Lipinski definition) is 6. The van der Waals surface area contributed by atoms with Crippen LogP contribution in [0.3, 0.4) is 0 Å². The minimum absolute atomic E-state index is 0.142. The Balaban J connectivity index is 1.31. The van der Waals surface area contributed by atoms with Crippen LogP contribution in [0.5, 0.6) is 5.75 Å². The number of esters is 1. The Bertz CT molecular complexity index is 1540. The van der Waals surface area contributed by atoms with Gasteiger partial charge in [0, 0.05) is 14.8 Å². The molecular formula is C27H20IN3O5S. The molecule has 1 amide bonds. The fraction of sp³-hybridized carbons (Fsp3) is 0. The lowest BCUT2D eigenvalue weighted by Gasteiger charge is -2.08. The number of benzene rings is 4. The molecule has 4 rings (SSSR count). The number of amides is 1. The molecule has 4 aromatic rings. The zero-order valence-electron chi connectivity index (χ0n) is 19.2. The third kappa shape index (κ3) is 7.02. The van der Waals surface area contributed by atoms with Gasteiger partial charge in [-0.3, -0.25) is 9.52 Å². The van der Waals surface area contributed by atoms with Gasteiger partial charge in [0.1, 0.15) is 5.75 Å². The maximum absolute atomic E-state index is 12.4. The van der Waals surface area contributed by atoms with Crippen molar-refractivity contribution in [1.29, 1.82) is 0 Å². The van der Waals surface area contributed by atoms with Gasteiger partial charge in [0.05, 0.1) is 16.7 Å². The molecule has 8 nitrogen and oxygen atoms in total. The number of nitrogens with zero attached hydrogens (tertiary/aromatic N) is 1. The predicted molar refractivity (Wildman–Crippen MR) is 149 cm³/mol. The summed E-state index contributed by atoms with van der Waals surface area (Å²) in [6.07, 6.45) is 1.45. The monoisotopic (exact) mass is 625 g/mol. The highest BCUT2D eigenvalue weighted by atomic mass is 127. The molecule has 0 saturated heterocycles. The van der Waals surface area contributed by atoms with Gasteiger partial charge in [0.15, 0.2) is 0 Å². The van der Waals surface area contributed by atoms with Gasteiger partial charge in [0.25, 0.3) is 15.9 Å². The minimum atomic E-state index is -3.72. The Morgan fingerprint density at radius 2 is 1.46 bits per heavy atom. The predicted octanol–water partition coefficient (Wildman–Crippen LogP) is 5.08. The summed E-state index contributed by atoms with van der Waals surface area (Å²) in [4.78, 5) is 24.8. The van der Waals surface area contributed by atoms with Gasteiger partial charge in [-0.1, -0.05) is 30.3 Å². The summed E-state index contributed by atoms with van der Waals surface area (Å²) in [6.45, 7) is 0. The average Bonchev–Trinajstić information content (AvgIpc) is 2.90. The number of halogens is 1. The van der Waals surface area contributed by atoms with Crippen molar-refractivity contribution in [3.05, 3.63) is 123 Å². The van der Waals surface area contributed by atoms with Crippen LogP contribution in [0.2, 0.25) is 0 Å². The third-order valence-corrected chi connectivity index (χ3v) is 7.35. The van der Waals surface area contributed by atoms with Crippen molar-refractivity contribution in [1.82, 2.24) is 5.43 Å². The van der Waals surface area contributed by atoms with E-state index in [1.807, 2.05) is 12.1 Å². The number of anilines is 1. The molecule has 0 bridgehead atoms. The lowest BCUT2D eigenvalue weighted by atomic mass is 10.2. The van der Waals surface area contributed by atoms with Crippen LogP contribution in [0.1, 0.15) is 26.3 Å². The van der Waals surface area contributed by atoms with E-state index in [1.165, 1.54) is 42.6 Å². The van der Waals surface area contributed by atoms with E-state index in [9.17, 15) is 18.0 Å². The lowest BCUT2D eigenvalue weighted by molar-refractivity contribution is 0.0733. The maximum atomic E-state index is 12.4. The highest BCUT2D eigenvalue weighted by Gasteiger charge is 2.14. The molecule has 0 aliphatic carbocycles. The van der Waals surface area contributed by atoms with Crippen molar-refractivity contribution in [3.63, 3.8) is 0 Å². The highest BCUT2D eigenvalue weighted by molar-refractivity contribution is 14.1. The lowest BCUT2D eigenvalue weighted by Crippen LogP contribution is -2.18. The second kappa shape index (κ2) is 11.8. The van der Waals surface area contributed by atoms with Gasteiger partial charge >= 0.3 is 5.97 Å². The first-order valence-corrected chi connectivity index (χ1v) is 13.5. The summed E-state index contributed by atoms with van der Waals surface area (Å²) in [5, 5.41) is 3.94. The van der Waals surface area contributed by atoms with Crippen LogP contribution in [-0.2, 0) is 10.0 Å². The molecule has 0 radical (unpaired) electrons. The summed E-state index contributed by atoms with van der Waals surface area (Å²) in [5.74, 6) is -0.525. The summed E-state index contributed by atoms with van der Waals surface area (Å²) >= 11 is 2.08. The van der Waals surface area contributed by atoms with E-state index < -0.39 is 21.9 Å². The van der Waals surface area contributed by atoms with Crippen molar-refractivity contribution in [2.45, 2.75) is 4.90 Å². The van der Waals surface area contributed by atoms with Gasteiger partial charge < -0.3 is 4.74 Å². The Morgan fingerprint density at radius 3 is 2.14 bits per heavy atom. The maximum Gasteiger partial charge on any atom is 0.344 e. The number of carbonyl (C=O) groups excluding carboxylic acids is 2. The first-order chi connectivity index (χ1) is 17.8. The number of carbonyl (C=O) groups is 2. The number of hydrazone groups is 1. The van der Waals surface area contributed by atoms with Crippen LogP contribution in [-0.4, -0.2) is 26.5 Å². The van der Waals surface area contributed by atoms with E-state index in [-0.39, 0.29) is 4.90 Å². The molecule has 2 N–H and O–H groups in total. The van der Waals surface area contributed by atoms with Crippen molar-refractivity contribution in [3.8, 4) is 5.75 Å². The van der Waals surface area contributed by atoms with Crippen LogP contribution in [0, 0.1) is 3.57 Å². The van der Waals surface area contributed by atoms with Crippen LogP contribution in [0.25, 0.3) is 0 Å². The second-order valence-electron chi connectivity index (χ2n) is 7.63. The standard InChI is InChI=1S/C27H20IN3O5S/c28-25-9-5-4-8-24(25)27(33)36-22-16-10-19(11-17-22)18-29-30-26(32)20-12-14-21(15-13-20)31-37(34,35)23-6-2-1-3-7-23/h1-18,31H,(H,30,32). The number of ether oxygens (including phenoxy) is 1. The van der Waals surface area contributed by atoms with Gasteiger partial charge in [-0.2, -0.15) is 5.10 Å². The molecule has 0 aliphatic heterocycles. The number of rotatable bonds is 8. The molecular weight excluding hydrogens is 605 g/mol. The molecule has 0 fully saturated rings. The van der Waals surface area contributed by atoms with Gasteiger partial charge in [-0.05, 0) is 101 Å².